The van der Waals surface area contributed by atoms with Crippen LogP contribution in [0.2, 0.25) is 0 Å². The van der Waals surface area contributed by atoms with Crippen molar-refractivity contribution in [1.29, 1.82) is 0 Å². The number of benzene rings is 3. The van der Waals surface area contributed by atoms with E-state index in [-0.39, 0.29) is 5.91 Å². The van der Waals surface area contributed by atoms with Crippen LogP contribution in [0.4, 0.5) is 0 Å². The van der Waals surface area contributed by atoms with Crippen molar-refractivity contribution in [3.05, 3.63) is 96.2 Å². The highest BCUT2D eigenvalue weighted by atomic mass is 16.5. The van der Waals surface area contributed by atoms with Gasteiger partial charge in [-0.1, -0.05) is 30.3 Å². The smallest absolute Gasteiger partial charge is 0.255 e. The zero-order chi connectivity index (χ0) is 21.6. The molecule has 1 N–H and O–H groups in total. The fourth-order valence-electron chi connectivity index (χ4n) is 3.24. The van der Waals surface area contributed by atoms with Gasteiger partial charge in [0.25, 0.3) is 5.91 Å². The van der Waals surface area contributed by atoms with Gasteiger partial charge in [-0.15, -0.1) is 0 Å². The van der Waals surface area contributed by atoms with Crippen molar-refractivity contribution in [2.75, 3.05) is 14.2 Å². The lowest BCUT2D eigenvalue weighted by Gasteiger charge is -2.07. The average Bonchev–Trinajstić information content (AvgIpc) is 3.29. The maximum Gasteiger partial charge on any atom is 0.255 e. The van der Waals surface area contributed by atoms with Crippen LogP contribution in [0.5, 0.6) is 11.5 Å². The number of methoxy groups -OCH3 is 2. The van der Waals surface area contributed by atoms with Crippen molar-refractivity contribution in [1.82, 2.24) is 15.1 Å². The second kappa shape index (κ2) is 9.17. The molecule has 0 aliphatic carbocycles. The molecule has 6 heteroatoms. The molecule has 4 rings (SSSR count). The van der Waals surface area contributed by atoms with E-state index in [0.29, 0.717) is 17.8 Å². The van der Waals surface area contributed by atoms with Gasteiger partial charge in [0.1, 0.15) is 17.2 Å². The number of carbonyl (C=O) groups is 1. The number of carbonyl (C=O) groups excluding carboxylic acids is 1. The molecule has 156 valence electrons. The Labute approximate surface area is 181 Å². The fraction of sp³-hybridized carbons (Fsp3) is 0.120. The van der Waals surface area contributed by atoms with Crippen molar-refractivity contribution in [3.8, 4) is 28.4 Å². The van der Waals surface area contributed by atoms with Crippen LogP contribution in [0.15, 0.2) is 85.1 Å². The molecule has 0 radical (unpaired) electrons. The lowest BCUT2D eigenvalue weighted by molar-refractivity contribution is 0.0951. The molecule has 1 heterocycles. The largest absolute Gasteiger partial charge is 0.497 e. The Morgan fingerprint density at radius 1 is 0.871 bits per heavy atom. The maximum absolute atomic E-state index is 13.1. The molecular formula is C25H23N3O3. The quantitative estimate of drug-likeness (QED) is 0.485. The van der Waals surface area contributed by atoms with Gasteiger partial charge in [0, 0.05) is 18.3 Å². The Hall–Kier alpha value is -4.06. The second-order valence-electron chi connectivity index (χ2n) is 6.93. The van der Waals surface area contributed by atoms with Crippen LogP contribution in [-0.2, 0) is 6.54 Å². The topological polar surface area (TPSA) is 65.4 Å². The summed E-state index contributed by atoms with van der Waals surface area (Å²) in [6, 6.07) is 24.8. The summed E-state index contributed by atoms with van der Waals surface area (Å²) < 4.78 is 12.2. The number of nitrogens with one attached hydrogen (secondary N) is 1. The van der Waals surface area contributed by atoms with Gasteiger partial charge in [0.05, 0.1) is 25.5 Å². The van der Waals surface area contributed by atoms with Gasteiger partial charge in [0.2, 0.25) is 0 Å². The molecule has 31 heavy (non-hydrogen) atoms. The van der Waals surface area contributed by atoms with Gasteiger partial charge in [-0.25, -0.2) is 4.68 Å². The van der Waals surface area contributed by atoms with E-state index < -0.39 is 0 Å². The third-order valence-corrected chi connectivity index (χ3v) is 4.96. The fourth-order valence-corrected chi connectivity index (χ4v) is 3.24. The van der Waals surface area contributed by atoms with Crippen LogP contribution in [0.3, 0.4) is 0 Å². The summed E-state index contributed by atoms with van der Waals surface area (Å²) in [5.41, 5.74) is 3.81. The molecule has 0 saturated carbocycles. The number of nitrogens with zero attached hydrogens (tertiary/aromatic N) is 2. The first-order valence-electron chi connectivity index (χ1n) is 9.88. The molecule has 0 atom stereocenters. The van der Waals surface area contributed by atoms with E-state index in [4.69, 9.17) is 14.6 Å². The van der Waals surface area contributed by atoms with E-state index in [1.165, 1.54) is 0 Å². The number of hydrogen-bond donors (Lipinski definition) is 1. The molecule has 1 amide bonds. The number of aromatic nitrogens is 2. The number of ether oxygens (including phenoxy) is 2. The van der Waals surface area contributed by atoms with Crippen LogP contribution < -0.4 is 14.8 Å². The van der Waals surface area contributed by atoms with Crippen LogP contribution >= 0.6 is 0 Å². The standard InChI is InChI=1S/C25H23N3O3/c1-30-21-12-8-18(9-13-21)16-26-25(29)23-17-28(20-6-4-3-5-7-20)27-24(23)19-10-14-22(31-2)15-11-19/h3-15,17H,16H2,1-2H3,(H,26,29). The van der Waals surface area contributed by atoms with Crippen LogP contribution in [0, 0.1) is 0 Å². The van der Waals surface area contributed by atoms with Gasteiger partial charge >= 0.3 is 0 Å². The summed E-state index contributed by atoms with van der Waals surface area (Å²) in [4.78, 5) is 13.1. The third kappa shape index (κ3) is 4.59. The van der Waals surface area contributed by atoms with Crippen molar-refractivity contribution in [2.24, 2.45) is 0 Å². The average molecular weight is 413 g/mol. The zero-order valence-corrected chi connectivity index (χ0v) is 17.4. The van der Waals surface area contributed by atoms with Gasteiger partial charge in [-0.05, 0) is 54.1 Å². The first-order valence-corrected chi connectivity index (χ1v) is 9.88. The van der Waals surface area contributed by atoms with Crippen molar-refractivity contribution in [3.63, 3.8) is 0 Å². The summed E-state index contributed by atoms with van der Waals surface area (Å²) >= 11 is 0. The molecule has 0 fully saturated rings. The first kappa shape index (κ1) is 20.2. The van der Waals surface area contributed by atoms with E-state index in [1.807, 2.05) is 78.9 Å². The maximum atomic E-state index is 13.1. The van der Waals surface area contributed by atoms with Crippen LogP contribution in [-0.4, -0.2) is 29.9 Å². The van der Waals surface area contributed by atoms with Crippen LogP contribution in [0.25, 0.3) is 16.9 Å². The van der Waals surface area contributed by atoms with E-state index in [2.05, 4.69) is 5.32 Å². The second-order valence-corrected chi connectivity index (χ2v) is 6.93. The summed E-state index contributed by atoms with van der Waals surface area (Å²) in [5, 5.41) is 7.70. The van der Waals surface area contributed by atoms with Crippen molar-refractivity contribution < 1.29 is 14.3 Å². The Bertz CT molecular complexity index is 1150. The first-order chi connectivity index (χ1) is 15.2. The number of amides is 1. The Kier molecular flexibility index (Phi) is 5.98. The van der Waals surface area contributed by atoms with Crippen LogP contribution in [0.1, 0.15) is 15.9 Å². The van der Waals surface area contributed by atoms with E-state index in [9.17, 15) is 4.79 Å². The molecule has 0 spiro atoms. The minimum Gasteiger partial charge on any atom is -0.497 e. The minimum atomic E-state index is -0.191. The van der Waals surface area contributed by atoms with Gasteiger partial charge in [-0.2, -0.15) is 5.10 Å². The van der Waals surface area contributed by atoms with E-state index in [1.54, 1.807) is 25.1 Å². The summed E-state index contributed by atoms with van der Waals surface area (Å²) in [7, 11) is 3.25. The number of rotatable bonds is 7. The van der Waals surface area contributed by atoms with E-state index >= 15 is 0 Å². The predicted octanol–water partition coefficient (Wildman–Crippen LogP) is 4.49. The van der Waals surface area contributed by atoms with Gasteiger partial charge in [-0.3, -0.25) is 4.79 Å². The highest BCUT2D eigenvalue weighted by molar-refractivity contribution is 5.99. The molecule has 3 aromatic carbocycles. The lowest BCUT2D eigenvalue weighted by Crippen LogP contribution is -2.23. The SMILES string of the molecule is COc1ccc(CNC(=O)c2cn(-c3ccccc3)nc2-c2ccc(OC)cc2)cc1. The van der Waals surface area contributed by atoms with Crippen molar-refractivity contribution >= 4 is 5.91 Å². The third-order valence-electron chi connectivity index (χ3n) is 4.96. The molecule has 0 aliphatic rings. The summed E-state index contributed by atoms with van der Waals surface area (Å²) in [5.74, 6) is 1.33. The lowest BCUT2D eigenvalue weighted by atomic mass is 10.1. The molecule has 0 unspecified atom stereocenters. The Balaban J connectivity index is 1.63. The molecule has 0 bridgehead atoms. The molecule has 1 aromatic heterocycles. The van der Waals surface area contributed by atoms with Gasteiger partial charge in [0.15, 0.2) is 0 Å². The molecule has 6 nitrogen and oxygen atoms in total. The Morgan fingerprint density at radius 2 is 1.48 bits per heavy atom. The van der Waals surface area contributed by atoms with Crippen molar-refractivity contribution in [2.45, 2.75) is 6.54 Å². The normalized spacial score (nSPS) is 10.5. The molecule has 0 saturated heterocycles. The number of para-hydroxylation sites is 1. The zero-order valence-electron chi connectivity index (χ0n) is 17.4. The van der Waals surface area contributed by atoms with E-state index in [0.717, 1.165) is 28.3 Å². The summed E-state index contributed by atoms with van der Waals surface area (Å²) in [6.45, 7) is 0.404. The monoisotopic (exact) mass is 413 g/mol. The number of hydrogen-bond acceptors (Lipinski definition) is 4. The molecule has 0 aliphatic heterocycles. The highest BCUT2D eigenvalue weighted by Crippen LogP contribution is 2.26. The predicted molar refractivity (Wildman–Crippen MR) is 120 cm³/mol. The Morgan fingerprint density at radius 3 is 2.10 bits per heavy atom. The highest BCUT2D eigenvalue weighted by Gasteiger charge is 2.18. The molecule has 4 aromatic rings. The molecular weight excluding hydrogens is 390 g/mol. The summed E-state index contributed by atoms with van der Waals surface area (Å²) in [6.07, 6.45) is 1.76. The van der Waals surface area contributed by atoms with Gasteiger partial charge < -0.3 is 14.8 Å². The minimum absolute atomic E-state index is 0.191.